The number of anilines is 1. The summed E-state index contributed by atoms with van der Waals surface area (Å²) >= 11 is 0. The van der Waals surface area contributed by atoms with Crippen molar-refractivity contribution in [3.05, 3.63) is 35.3 Å². The molecule has 0 amide bonds. The Hall–Kier alpha value is -1.42. The van der Waals surface area contributed by atoms with Crippen LogP contribution in [0.4, 0.5) is 10.2 Å². The molecule has 0 aliphatic carbocycles. The van der Waals surface area contributed by atoms with Gasteiger partial charge in [-0.1, -0.05) is 39.3 Å². The number of hydrogen-bond donors (Lipinski definition) is 1. The summed E-state index contributed by atoms with van der Waals surface area (Å²) in [6.07, 6.45) is 4.90. The summed E-state index contributed by atoms with van der Waals surface area (Å²) < 4.78 is 14.5. The fraction of sp³-hybridized carbons (Fsp3) is 0.588. The number of nitrogens with zero attached hydrogens (tertiary/aromatic N) is 2. The first-order valence-corrected chi connectivity index (χ1v) is 7.72. The van der Waals surface area contributed by atoms with E-state index in [4.69, 9.17) is 0 Å². The summed E-state index contributed by atoms with van der Waals surface area (Å²) in [4.78, 5) is 6.28. The first-order chi connectivity index (χ1) is 9.93. The quantitative estimate of drug-likeness (QED) is 0.860. The highest BCUT2D eigenvalue weighted by molar-refractivity contribution is 5.45. The summed E-state index contributed by atoms with van der Waals surface area (Å²) in [5.41, 5.74) is 2.33. The predicted molar refractivity (Wildman–Crippen MR) is 85.9 cm³/mol. The van der Waals surface area contributed by atoms with Gasteiger partial charge in [-0.15, -0.1) is 0 Å². The van der Waals surface area contributed by atoms with Gasteiger partial charge in [0.25, 0.3) is 0 Å². The highest BCUT2D eigenvalue weighted by Gasteiger charge is 2.23. The van der Waals surface area contributed by atoms with Crippen LogP contribution in [0.5, 0.6) is 0 Å². The molecule has 0 bridgehead atoms. The molecule has 1 aliphatic rings. The van der Waals surface area contributed by atoms with Crippen molar-refractivity contribution in [3.63, 3.8) is 0 Å². The van der Waals surface area contributed by atoms with Crippen molar-refractivity contribution in [1.29, 1.82) is 0 Å². The number of pyridine rings is 1. The smallest absolute Gasteiger partial charge is 0.170 e. The molecule has 0 fully saturated rings. The summed E-state index contributed by atoms with van der Waals surface area (Å²) in [5.74, 6) is 0.292. The Balaban J connectivity index is 2.15. The Labute approximate surface area is 127 Å². The first-order valence-electron chi connectivity index (χ1n) is 7.72. The second-order valence-electron chi connectivity index (χ2n) is 6.56. The van der Waals surface area contributed by atoms with Crippen LogP contribution in [0.3, 0.4) is 0 Å². The number of aromatic nitrogens is 1. The molecule has 2 heterocycles. The van der Waals surface area contributed by atoms with Crippen molar-refractivity contribution in [3.8, 4) is 0 Å². The number of hydrogen-bond acceptors (Lipinski definition) is 3. The highest BCUT2D eigenvalue weighted by Crippen LogP contribution is 2.31. The van der Waals surface area contributed by atoms with Gasteiger partial charge in [0.15, 0.2) is 11.6 Å². The van der Waals surface area contributed by atoms with E-state index < -0.39 is 0 Å². The lowest BCUT2D eigenvalue weighted by Gasteiger charge is -2.33. The van der Waals surface area contributed by atoms with Crippen LogP contribution in [-0.2, 0) is 6.54 Å². The van der Waals surface area contributed by atoms with Crippen molar-refractivity contribution in [2.24, 2.45) is 5.41 Å². The molecule has 1 N–H and O–H groups in total. The van der Waals surface area contributed by atoms with E-state index >= 15 is 0 Å². The lowest BCUT2D eigenvalue weighted by molar-refractivity contribution is 0.470. The molecule has 1 aliphatic heterocycles. The first kappa shape index (κ1) is 16.0. The molecule has 4 heteroatoms. The van der Waals surface area contributed by atoms with E-state index in [1.165, 1.54) is 5.57 Å². The van der Waals surface area contributed by atoms with Crippen molar-refractivity contribution >= 4 is 5.82 Å². The van der Waals surface area contributed by atoms with E-state index in [1.54, 1.807) is 12.3 Å². The van der Waals surface area contributed by atoms with Crippen LogP contribution in [0, 0.1) is 11.2 Å². The van der Waals surface area contributed by atoms with Crippen molar-refractivity contribution in [1.82, 2.24) is 10.3 Å². The minimum absolute atomic E-state index is 0.189. The summed E-state index contributed by atoms with van der Waals surface area (Å²) in [6, 6.07) is 1.75. The van der Waals surface area contributed by atoms with Gasteiger partial charge in [-0.3, -0.25) is 0 Å². The molecule has 0 spiro atoms. The highest BCUT2D eigenvalue weighted by atomic mass is 19.1. The minimum Gasteiger partial charge on any atom is -0.350 e. The fourth-order valence-electron chi connectivity index (χ4n) is 2.63. The molecule has 1 aromatic rings. The van der Waals surface area contributed by atoms with Crippen molar-refractivity contribution < 1.29 is 4.39 Å². The van der Waals surface area contributed by atoms with Crippen molar-refractivity contribution in [2.75, 3.05) is 24.5 Å². The lowest BCUT2D eigenvalue weighted by atomic mass is 9.83. The van der Waals surface area contributed by atoms with E-state index in [-0.39, 0.29) is 11.2 Å². The van der Waals surface area contributed by atoms with E-state index in [2.05, 4.69) is 37.1 Å². The molecule has 0 unspecified atom stereocenters. The van der Waals surface area contributed by atoms with E-state index in [0.29, 0.717) is 17.9 Å². The maximum atomic E-state index is 14.5. The third-order valence-electron chi connectivity index (χ3n) is 3.99. The molecule has 0 aromatic carbocycles. The fourth-order valence-corrected chi connectivity index (χ4v) is 2.63. The Morgan fingerprint density at radius 1 is 1.38 bits per heavy atom. The van der Waals surface area contributed by atoms with Crippen LogP contribution < -0.4 is 10.2 Å². The summed E-state index contributed by atoms with van der Waals surface area (Å²) in [5, 5.41) is 3.16. The molecule has 0 saturated heterocycles. The average molecular weight is 291 g/mol. The van der Waals surface area contributed by atoms with Gasteiger partial charge >= 0.3 is 0 Å². The predicted octanol–water partition coefficient (Wildman–Crippen LogP) is 3.51. The van der Waals surface area contributed by atoms with Gasteiger partial charge in [0.2, 0.25) is 0 Å². The van der Waals surface area contributed by atoms with E-state index in [1.807, 2.05) is 11.8 Å². The molecule has 1 aromatic heterocycles. The largest absolute Gasteiger partial charge is 0.350 e. The van der Waals surface area contributed by atoms with E-state index in [9.17, 15) is 4.39 Å². The van der Waals surface area contributed by atoms with Crippen LogP contribution in [-0.4, -0.2) is 24.6 Å². The number of nitrogens with one attached hydrogen (secondary N) is 1. The normalized spacial score (nSPS) is 16.0. The molecule has 2 rings (SSSR count). The maximum Gasteiger partial charge on any atom is 0.170 e. The Morgan fingerprint density at radius 2 is 2.14 bits per heavy atom. The maximum absolute atomic E-state index is 14.5. The number of rotatable bonds is 4. The van der Waals surface area contributed by atoms with Gasteiger partial charge in [0.05, 0.1) is 0 Å². The Kier molecular flexibility index (Phi) is 4.99. The van der Waals surface area contributed by atoms with Crippen LogP contribution >= 0.6 is 0 Å². The van der Waals surface area contributed by atoms with Crippen molar-refractivity contribution in [2.45, 2.75) is 40.7 Å². The molecular weight excluding hydrogens is 265 g/mol. The minimum atomic E-state index is -0.189. The van der Waals surface area contributed by atoms with Crippen LogP contribution in [0.2, 0.25) is 0 Å². The molecule has 21 heavy (non-hydrogen) atoms. The molecular formula is C17H26FN3. The van der Waals surface area contributed by atoms with Crippen LogP contribution in [0.1, 0.15) is 39.7 Å². The Morgan fingerprint density at radius 3 is 2.71 bits per heavy atom. The second-order valence-corrected chi connectivity index (χ2v) is 6.56. The monoisotopic (exact) mass is 291 g/mol. The zero-order valence-corrected chi connectivity index (χ0v) is 13.5. The zero-order valence-electron chi connectivity index (χ0n) is 13.5. The van der Waals surface area contributed by atoms with Gasteiger partial charge in [-0.2, -0.15) is 0 Å². The molecule has 3 nitrogen and oxygen atoms in total. The number of halogens is 1. The van der Waals surface area contributed by atoms with Gasteiger partial charge < -0.3 is 10.2 Å². The molecule has 116 valence electrons. The molecule has 0 radical (unpaired) electrons. The standard InChI is InChI=1S/C17H26FN3/c1-5-19-12-13-6-9-20-16(15(13)18)21-10-7-14(8-11-21)17(2,3)4/h6-7,9,19H,5,8,10-12H2,1-4H3. The summed E-state index contributed by atoms with van der Waals surface area (Å²) in [6.45, 7) is 11.6. The van der Waals surface area contributed by atoms with Gasteiger partial charge in [-0.05, 0) is 24.4 Å². The topological polar surface area (TPSA) is 28.2 Å². The third-order valence-corrected chi connectivity index (χ3v) is 3.99. The van der Waals surface area contributed by atoms with Gasteiger partial charge in [0, 0.05) is 31.4 Å². The molecule has 0 saturated carbocycles. The zero-order chi connectivity index (χ0) is 15.5. The van der Waals surface area contributed by atoms with Crippen LogP contribution in [0.25, 0.3) is 0 Å². The Bertz CT molecular complexity index is 517. The summed E-state index contributed by atoms with van der Waals surface area (Å²) in [7, 11) is 0. The molecule has 0 atom stereocenters. The SMILES string of the molecule is CCNCc1ccnc(N2CC=C(C(C)(C)C)CC2)c1F. The van der Waals surface area contributed by atoms with Gasteiger partial charge in [-0.25, -0.2) is 9.37 Å². The average Bonchev–Trinajstić information content (AvgIpc) is 2.45. The van der Waals surface area contributed by atoms with Gasteiger partial charge in [0.1, 0.15) is 0 Å². The second kappa shape index (κ2) is 6.56. The van der Waals surface area contributed by atoms with E-state index in [0.717, 1.165) is 26.1 Å². The third kappa shape index (κ3) is 3.82. The lowest BCUT2D eigenvalue weighted by Crippen LogP contribution is -2.32. The van der Waals surface area contributed by atoms with Crippen LogP contribution in [0.15, 0.2) is 23.9 Å².